The van der Waals surface area contributed by atoms with E-state index in [4.69, 9.17) is 4.74 Å². The zero-order chi connectivity index (χ0) is 23.2. The molecule has 7 heteroatoms. The average molecular weight is 436 g/mol. The summed E-state index contributed by atoms with van der Waals surface area (Å²) in [6.45, 7) is 5.10. The molecule has 0 bridgehead atoms. The van der Waals surface area contributed by atoms with Gasteiger partial charge in [0.15, 0.2) is 11.5 Å². The van der Waals surface area contributed by atoms with Crippen molar-refractivity contribution in [1.82, 2.24) is 0 Å². The van der Waals surface area contributed by atoms with Crippen molar-refractivity contribution in [2.75, 3.05) is 0 Å². The van der Waals surface area contributed by atoms with Crippen molar-refractivity contribution in [1.29, 1.82) is 0 Å². The topological polar surface area (TPSA) is 96.0 Å². The SMILES string of the molecule is C=C(C)C(=O)Oc1cc2ccccc2c(/N=N/c2ccc(/N=N/c3ccccc3)cc2)c1O. The number of hydrogen-bond donors (Lipinski definition) is 1. The number of azo groups is 2. The van der Waals surface area contributed by atoms with Gasteiger partial charge in [0, 0.05) is 11.0 Å². The van der Waals surface area contributed by atoms with Crippen LogP contribution in [0.4, 0.5) is 22.7 Å². The van der Waals surface area contributed by atoms with Crippen molar-refractivity contribution in [2.45, 2.75) is 6.92 Å². The van der Waals surface area contributed by atoms with Crippen molar-refractivity contribution in [3.63, 3.8) is 0 Å². The van der Waals surface area contributed by atoms with E-state index in [1.165, 1.54) is 6.92 Å². The van der Waals surface area contributed by atoms with Crippen molar-refractivity contribution >= 4 is 39.5 Å². The van der Waals surface area contributed by atoms with Gasteiger partial charge < -0.3 is 9.84 Å². The maximum absolute atomic E-state index is 12.0. The summed E-state index contributed by atoms with van der Waals surface area (Å²) in [6.07, 6.45) is 0. The van der Waals surface area contributed by atoms with E-state index < -0.39 is 5.97 Å². The molecule has 1 N–H and O–H groups in total. The normalized spacial score (nSPS) is 11.3. The Bertz CT molecular complexity index is 1380. The number of benzene rings is 4. The Labute approximate surface area is 190 Å². The zero-order valence-electron chi connectivity index (χ0n) is 17.8. The second-order valence-corrected chi connectivity index (χ2v) is 7.21. The van der Waals surface area contributed by atoms with Gasteiger partial charge in [0.05, 0.1) is 17.1 Å². The lowest BCUT2D eigenvalue weighted by atomic mass is 10.1. The zero-order valence-corrected chi connectivity index (χ0v) is 17.8. The highest BCUT2D eigenvalue weighted by Gasteiger charge is 2.17. The van der Waals surface area contributed by atoms with Crippen LogP contribution < -0.4 is 4.74 Å². The summed E-state index contributed by atoms with van der Waals surface area (Å²) < 4.78 is 5.27. The molecular weight excluding hydrogens is 416 g/mol. The third-order valence-corrected chi connectivity index (χ3v) is 4.66. The molecule has 0 spiro atoms. The van der Waals surface area contributed by atoms with E-state index in [2.05, 4.69) is 27.0 Å². The largest absolute Gasteiger partial charge is 0.503 e. The molecule has 0 aromatic heterocycles. The van der Waals surface area contributed by atoms with Crippen LogP contribution in [0.15, 0.2) is 118 Å². The maximum atomic E-state index is 12.0. The van der Waals surface area contributed by atoms with E-state index in [0.717, 1.165) is 11.1 Å². The number of aromatic hydroxyl groups is 1. The van der Waals surface area contributed by atoms with Gasteiger partial charge in [-0.15, -0.1) is 5.11 Å². The van der Waals surface area contributed by atoms with Crippen LogP contribution in [-0.2, 0) is 4.79 Å². The molecule has 0 aliphatic heterocycles. The van der Waals surface area contributed by atoms with Gasteiger partial charge in [0.25, 0.3) is 0 Å². The third-order valence-electron chi connectivity index (χ3n) is 4.66. The Kier molecular flexibility index (Phi) is 6.31. The number of ether oxygens (including phenoxy) is 1. The minimum atomic E-state index is -0.635. The number of esters is 1. The van der Waals surface area contributed by atoms with Crippen LogP contribution in [0.5, 0.6) is 11.5 Å². The van der Waals surface area contributed by atoms with E-state index >= 15 is 0 Å². The minimum absolute atomic E-state index is 0.00711. The number of fused-ring (bicyclic) bond motifs is 1. The second kappa shape index (κ2) is 9.65. The Morgan fingerprint density at radius 1 is 0.788 bits per heavy atom. The van der Waals surface area contributed by atoms with Gasteiger partial charge in [-0.1, -0.05) is 49.0 Å². The summed E-state index contributed by atoms with van der Waals surface area (Å²) in [5.41, 5.74) is 2.40. The fourth-order valence-corrected chi connectivity index (χ4v) is 2.96. The predicted octanol–water partition coefficient (Wildman–Crippen LogP) is 7.86. The number of rotatable bonds is 6. The van der Waals surface area contributed by atoms with Crippen LogP contribution in [0.3, 0.4) is 0 Å². The van der Waals surface area contributed by atoms with Gasteiger partial charge in [-0.3, -0.25) is 0 Å². The number of carbonyl (C=O) groups is 1. The van der Waals surface area contributed by atoms with Gasteiger partial charge in [-0.25, -0.2) is 4.79 Å². The summed E-state index contributed by atoms with van der Waals surface area (Å²) in [7, 11) is 0. The molecular formula is C26H20N4O3. The first-order chi connectivity index (χ1) is 16.0. The smallest absolute Gasteiger partial charge is 0.338 e. The summed E-state index contributed by atoms with van der Waals surface area (Å²) in [6, 6.07) is 25.3. The summed E-state index contributed by atoms with van der Waals surface area (Å²) in [5.74, 6) is -0.920. The second-order valence-electron chi connectivity index (χ2n) is 7.21. The van der Waals surface area contributed by atoms with Crippen molar-refractivity contribution in [3.05, 3.63) is 97.1 Å². The van der Waals surface area contributed by atoms with E-state index in [1.807, 2.05) is 48.5 Å². The predicted molar refractivity (Wildman–Crippen MR) is 127 cm³/mol. The monoisotopic (exact) mass is 436 g/mol. The molecule has 33 heavy (non-hydrogen) atoms. The van der Waals surface area contributed by atoms with Crippen molar-refractivity contribution < 1.29 is 14.6 Å². The highest BCUT2D eigenvalue weighted by Crippen LogP contribution is 2.43. The van der Waals surface area contributed by atoms with Gasteiger partial charge in [-0.05, 0) is 54.8 Å². The summed E-state index contributed by atoms with van der Waals surface area (Å²) >= 11 is 0. The first kappa shape index (κ1) is 21.6. The molecule has 0 saturated heterocycles. The van der Waals surface area contributed by atoms with Crippen molar-refractivity contribution in [3.8, 4) is 11.5 Å². The lowest BCUT2D eigenvalue weighted by molar-refractivity contribution is -0.130. The Morgan fingerprint density at radius 2 is 1.33 bits per heavy atom. The number of hydrogen-bond acceptors (Lipinski definition) is 7. The van der Waals surface area contributed by atoms with E-state index in [1.54, 1.807) is 36.4 Å². The molecule has 0 aliphatic carbocycles. The van der Waals surface area contributed by atoms with Crippen LogP contribution in [-0.4, -0.2) is 11.1 Å². The molecule has 0 fully saturated rings. The highest BCUT2D eigenvalue weighted by atomic mass is 16.5. The van der Waals surface area contributed by atoms with Crippen LogP contribution in [0, 0.1) is 0 Å². The lowest BCUT2D eigenvalue weighted by Gasteiger charge is -2.10. The fourth-order valence-electron chi connectivity index (χ4n) is 2.96. The molecule has 4 rings (SSSR count). The van der Waals surface area contributed by atoms with E-state index in [-0.39, 0.29) is 22.8 Å². The highest BCUT2D eigenvalue weighted by molar-refractivity contribution is 5.98. The molecule has 7 nitrogen and oxygen atoms in total. The van der Waals surface area contributed by atoms with Gasteiger partial charge in [0.1, 0.15) is 5.69 Å². The molecule has 4 aromatic carbocycles. The standard InChI is InChI=1S/C26H20N4O3/c1-17(2)26(32)33-23-16-18-8-6-7-11-22(18)24(25(23)31)30-29-21-14-12-20(13-15-21)28-27-19-9-4-3-5-10-19/h3-16,31H,1H2,2H3/b28-27+,30-29+. The Balaban J connectivity index is 1.62. The van der Waals surface area contributed by atoms with Crippen LogP contribution >= 0.6 is 0 Å². The van der Waals surface area contributed by atoms with Gasteiger partial charge >= 0.3 is 5.97 Å². The first-order valence-corrected chi connectivity index (χ1v) is 10.1. The fraction of sp³-hybridized carbons (Fsp3) is 0.0385. The van der Waals surface area contributed by atoms with Gasteiger partial charge in [0.2, 0.25) is 0 Å². The molecule has 4 aromatic rings. The minimum Gasteiger partial charge on any atom is -0.503 e. The summed E-state index contributed by atoms with van der Waals surface area (Å²) in [5, 5.41) is 29.0. The third kappa shape index (κ3) is 5.16. The molecule has 0 atom stereocenters. The lowest BCUT2D eigenvalue weighted by Crippen LogP contribution is -2.08. The van der Waals surface area contributed by atoms with Gasteiger partial charge in [-0.2, -0.15) is 15.3 Å². The van der Waals surface area contributed by atoms with E-state index in [0.29, 0.717) is 16.8 Å². The van der Waals surface area contributed by atoms with Crippen LogP contribution in [0.1, 0.15) is 6.92 Å². The average Bonchev–Trinajstić information content (AvgIpc) is 2.84. The molecule has 0 aliphatic rings. The number of phenols is 1. The Morgan fingerprint density at radius 3 is 1.97 bits per heavy atom. The number of carbonyl (C=O) groups excluding carboxylic acids is 1. The molecule has 0 heterocycles. The maximum Gasteiger partial charge on any atom is 0.338 e. The van der Waals surface area contributed by atoms with Crippen LogP contribution in [0.25, 0.3) is 10.8 Å². The molecule has 162 valence electrons. The summed E-state index contributed by atoms with van der Waals surface area (Å²) in [4.78, 5) is 12.0. The van der Waals surface area contributed by atoms with E-state index in [9.17, 15) is 9.90 Å². The molecule has 0 amide bonds. The number of nitrogens with zero attached hydrogens (tertiary/aromatic N) is 4. The van der Waals surface area contributed by atoms with Crippen molar-refractivity contribution in [2.24, 2.45) is 20.5 Å². The molecule has 0 saturated carbocycles. The Hall–Kier alpha value is -4.65. The quantitative estimate of drug-likeness (QED) is 0.144. The molecule has 0 unspecified atom stereocenters. The van der Waals surface area contributed by atoms with Crippen LogP contribution in [0.2, 0.25) is 0 Å². The molecule has 0 radical (unpaired) electrons. The number of phenolic OH excluding ortho intramolecular Hbond substituents is 1. The first-order valence-electron chi connectivity index (χ1n) is 10.1.